The number of nitrogens with two attached hydrogens (primary N) is 1. The van der Waals surface area contributed by atoms with Crippen molar-refractivity contribution in [2.75, 3.05) is 12.8 Å². The van der Waals surface area contributed by atoms with Crippen LogP contribution in [0.2, 0.25) is 0 Å². The van der Waals surface area contributed by atoms with Gasteiger partial charge in [-0.3, -0.25) is 0 Å². The zero-order valence-electron chi connectivity index (χ0n) is 10.5. The lowest BCUT2D eigenvalue weighted by Crippen LogP contribution is -2.33. The highest BCUT2D eigenvalue weighted by Gasteiger charge is 2.39. The first-order valence-electron chi connectivity index (χ1n) is 6.13. The summed E-state index contributed by atoms with van der Waals surface area (Å²) in [7, 11) is -3.36. The van der Waals surface area contributed by atoms with Gasteiger partial charge >= 0.3 is 0 Å². The van der Waals surface area contributed by atoms with E-state index >= 15 is 0 Å². The summed E-state index contributed by atoms with van der Waals surface area (Å²) in [6.07, 6.45) is 4.89. The number of hydrogen-bond acceptors (Lipinski definition) is 4. The molecule has 18 heavy (non-hydrogen) atoms. The molecule has 0 atom stereocenters. The Morgan fingerprint density at radius 2 is 1.94 bits per heavy atom. The van der Waals surface area contributed by atoms with Crippen molar-refractivity contribution in [1.29, 1.82) is 0 Å². The normalized spacial score (nSPS) is 19.0. The molecule has 0 unspecified atom stereocenters. The fourth-order valence-corrected chi connectivity index (χ4v) is 3.99. The summed E-state index contributed by atoms with van der Waals surface area (Å²) in [4.78, 5) is 0.217. The second-order valence-corrected chi connectivity index (χ2v) is 7.10. The van der Waals surface area contributed by atoms with E-state index in [-0.39, 0.29) is 16.1 Å². The van der Waals surface area contributed by atoms with Crippen LogP contribution in [0.4, 0.5) is 0 Å². The molecule has 1 aliphatic carbocycles. The van der Waals surface area contributed by atoms with E-state index in [0.29, 0.717) is 12.1 Å². The number of aromatic hydroxyl groups is 1. The standard InChI is InChI=1S/C13H19NO3S/c1-18(16,17)11-6-4-5-10(15)12(11)13(9-14)7-2-3-8-13/h4-6,15H,2-3,7-9,14H2,1H3. The van der Waals surface area contributed by atoms with Gasteiger partial charge in [-0.1, -0.05) is 18.9 Å². The van der Waals surface area contributed by atoms with Crippen LogP contribution in [0.1, 0.15) is 31.2 Å². The van der Waals surface area contributed by atoms with Crippen molar-refractivity contribution in [2.45, 2.75) is 36.0 Å². The molecule has 0 spiro atoms. The van der Waals surface area contributed by atoms with Crippen molar-refractivity contribution in [1.82, 2.24) is 0 Å². The van der Waals surface area contributed by atoms with Crippen LogP contribution in [0.25, 0.3) is 0 Å². The lowest BCUT2D eigenvalue weighted by Gasteiger charge is -2.30. The van der Waals surface area contributed by atoms with Crippen molar-refractivity contribution in [3.8, 4) is 5.75 Å². The quantitative estimate of drug-likeness (QED) is 0.872. The Kier molecular flexibility index (Phi) is 3.38. The average Bonchev–Trinajstić information content (AvgIpc) is 2.77. The number of hydrogen-bond donors (Lipinski definition) is 2. The van der Waals surface area contributed by atoms with Gasteiger partial charge in [0.25, 0.3) is 0 Å². The van der Waals surface area contributed by atoms with Crippen LogP contribution in [0.5, 0.6) is 5.75 Å². The zero-order valence-corrected chi connectivity index (χ0v) is 11.3. The Morgan fingerprint density at radius 3 is 2.44 bits per heavy atom. The van der Waals surface area contributed by atoms with Gasteiger partial charge in [0.05, 0.1) is 4.90 Å². The second-order valence-electron chi connectivity index (χ2n) is 5.11. The Bertz CT molecular complexity index is 545. The maximum atomic E-state index is 11.9. The largest absolute Gasteiger partial charge is 0.508 e. The zero-order chi connectivity index (χ0) is 13.4. The van der Waals surface area contributed by atoms with Gasteiger partial charge < -0.3 is 10.8 Å². The summed E-state index contributed by atoms with van der Waals surface area (Å²) in [6, 6.07) is 4.66. The number of benzene rings is 1. The Hall–Kier alpha value is -1.07. The van der Waals surface area contributed by atoms with E-state index in [1.165, 1.54) is 6.26 Å². The molecule has 0 aliphatic heterocycles. The van der Waals surface area contributed by atoms with Gasteiger partial charge in [-0.15, -0.1) is 0 Å². The number of phenolic OH excluding ortho intramolecular Hbond substituents is 1. The summed E-state index contributed by atoms with van der Waals surface area (Å²) in [5.41, 5.74) is 6.01. The molecule has 2 rings (SSSR count). The van der Waals surface area contributed by atoms with Gasteiger partial charge in [-0.25, -0.2) is 8.42 Å². The van der Waals surface area contributed by atoms with E-state index in [1.54, 1.807) is 18.2 Å². The molecule has 1 aromatic carbocycles. The lowest BCUT2D eigenvalue weighted by molar-refractivity contribution is 0.397. The molecule has 0 saturated heterocycles. The Morgan fingerprint density at radius 1 is 1.33 bits per heavy atom. The molecule has 1 saturated carbocycles. The SMILES string of the molecule is CS(=O)(=O)c1cccc(O)c1C1(CN)CCCC1. The molecule has 1 aromatic rings. The molecule has 0 amide bonds. The maximum Gasteiger partial charge on any atom is 0.175 e. The van der Waals surface area contributed by atoms with E-state index in [4.69, 9.17) is 5.73 Å². The van der Waals surface area contributed by atoms with Gasteiger partial charge in [0.15, 0.2) is 9.84 Å². The maximum absolute atomic E-state index is 11.9. The van der Waals surface area contributed by atoms with E-state index < -0.39 is 9.84 Å². The molecular weight excluding hydrogens is 250 g/mol. The summed E-state index contributed by atoms with van der Waals surface area (Å²) < 4.78 is 23.7. The van der Waals surface area contributed by atoms with Crippen molar-refractivity contribution in [3.63, 3.8) is 0 Å². The predicted octanol–water partition coefficient (Wildman–Crippen LogP) is 1.57. The van der Waals surface area contributed by atoms with Gasteiger partial charge in [-0.2, -0.15) is 0 Å². The number of rotatable bonds is 3. The fraction of sp³-hybridized carbons (Fsp3) is 0.538. The van der Waals surface area contributed by atoms with Crippen LogP contribution in [0, 0.1) is 0 Å². The van der Waals surface area contributed by atoms with Crippen molar-refractivity contribution in [3.05, 3.63) is 23.8 Å². The third-order valence-corrected chi connectivity index (χ3v) is 5.02. The van der Waals surface area contributed by atoms with Gasteiger partial charge in [0, 0.05) is 23.8 Å². The van der Waals surface area contributed by atoms with Crippen LogP contribution >= 0.6 is 0 Å². The highest BCUT2D eigenvalue weighted by Crippen LogP contribution is 2.46. The average molecular weight is 269 g/mol. The van der Waals surface area contributed by atoms with Gasteiger partial charge in [0.2, 0.25) is 0 Å². The first-order valence-corrected chi connectivity index (χ1v) is 8.02. The smallest absolute Gasteiger partial charge is 0.175 e. The van der Waals surface area contributed by atoms with Crippen molar-refractivity contribution in [2.24, 2.45) is 5.73 Å². The van der Waals surface area contributed by atoms with Crippen LogP contribution < -0.4 is 5.73 Å². The molecule has 0 heterocycles. The molecule has 5 heteroatoms. The van der Waals surface area contributed by atoms with Crippen LogP contribution in [0.3, 0.4) is 0 Å². The molecular formula is C13H19NO3S. The Balaban J connectivity index is 2.69. The van der Waals surface area contributed by atoms with E-state index in [9.17, 15) is 13.5 Å². The van der Waals surface area contributed by atoms with Crippen LogP contribution in [0.15, 0.2) is 23.1 Å². The van der Waals surface area contributed by atoms with Gasteiger partial charge in [0.1, 0.15) is 5.75 Å². The van der Waals surface area contributed by atoms with Crippen LogP contribution in [-0.4, -0.2) is 26.3 Å². The molecule has 4 nitrogen and oxygen atoms in total. The second kappa shape index (κ2) is 4.55. The number of phenols is 1. The fourth-order valence-electron chi connectivity index (χ4n) is 2.97. The molecule has 1 fully saturated rings. The summed E-state index contributed by atoms with van der Waals surface area (Å²) in [5, 5.41) is 10.1. The van der Waals surface area contributed by atoms with E-state index in [0.717, 1.165) is 25.7 Å². The highest BCUT2D eigenvalue weighted by molar-refractivity contribution is 7.90. The first-order chi connectivity index (χ1) is 8.41. The third-order valence-electron chi connectivity index (χ3n) is 3.89. The first kappa shape index (κ1) is 13.4. The third kappa shape index (κ3) is 2.12. The summed E-state index contributed by atoms with van der Waals surface area (Å²) >= 11 is 0. The van der Waals surface area contributed by atoms with E-state index in [1.807, 2.05) is 0 Å². The minimum Gasteiger partial charge on any atom is -0.508 e. The minimum atomic E-state index is -3.36. The molecule has 3 N–H and O–H groups in total. The lowest BCUT2D eigenvalue weighted by atomic mass is 9.78. The molecule has 1 aliphatic rings. The highest BCUT2D eigenvalue weighted by atomic mass is 32.2. The van der Waals surface area contributed by atoms with Gasteiger partial charge in [-0.05, 0) is 25.0 Å². The van der Waals surface area contributed by atoms with Crippen molar-refractivity contribution < 1.29 is 13.5 Å². The topological polar surface area (TPSA) is 80.4 Å². The Labute approximate surface area is 108 Å². The molecule has 100 valence electrons. The minimum absolute atomic E-state index is 0.0466. The predicted molar refractivity (Wildman–Crippen MR) is 70.4 cm³/mol. The summed E-state index contributed by atoms with van der Waals surface area (Å²) in [5.74, 6) is 0.0466. The van der Waals surface area contributed by atoms with E-state index in [2.05, 4.69) is 0 Å². The molecule has 0 bridgehead atoms. The monoisotopic (exact) mass is 269 g/mol. The molecule has 0 radical (unpaired) electrons. The van der Waals surface area contributed by atoms with Crippen LogP contribution in [-0.2, 0) is 15.3 Å². The number of sulfone groups is 1. The van der Waals surface area contributed by atoms with Crippen molar-refractivity contribution >= 4 is 9.84 Å². The summed E-state index contributed by atoms with van der Waals surface area (Å²) in [6.45, 7) is 0.368. The molecule has 0 aromatic heterocycles.